The molecule has 1 fully saturated rings. The third kappa shape index (κ3) is 3.24. The quantitative estimate of drug-likeness (QED) is 0.456. The lowest BCUT2D eigenvalue weighted by atomic mass is 10.1. The Labute approximate surface area is 137 Å². The van der Waals surface area contributed by atoms with Gasteiger partial charge in [-0.05, 0) is 23.8 Å². The molecule has 2 N–H and O–H groups in total. The smallest absolute Gasteiger partial charge is 0.329 e. The van der Waals surface area contributed by atoms with Crippen LogP contribution in [0.1, 0.15) is 5.56 Å². The summed E-state index contributed by atoms with van der Waals surface area (Å²) in [4.78, 5) is 36.0. The van der Waals surface area contributed by atoms with E-state index >= 15 is 0 Å². The van der Waals surface area contributed by atoms with Gasteiger partial charge in [0, 0.05) is 0 Å². The van der Waals surface area contributed by atoms with Crippen molar-refractivity contribution in [3.8, 4) is 17.2 Å². The van der Waals surface area contributed by atoms with E-state index < -0.39 is 24.5 Å². The Balaban J connectivity index is 2.33. The van der Waals surface area contributed by atoms with Crippen molar-refractivity contribution in [2.45, 2.75) is 0 Å². The largest absolute Gasteiger partial charge is 0.502 e. The molecule has 0 aromatic heterocycles. The molecule has 1 aromatic rings. The molecular weight excluding hydrogens is 320 g/mol. The van der Waals surface area contributed by atoms with E-state index in [-0.39, 0.29) is 22.9 Å². The number of nitrogens with zero attached hydrogens (tertiary/aromatic N) is 1. The number of amides is 3. The number of rotatable bonds is 5. The molecule has 0 aliphatic carbocycles. The molecule has 2 rings (SSSR count). The normalized spacial score (nSPS) is 15.5. The van der Waals surface area contributed by atoms with E-state index in [4.69, 9.17) is 9.47 Å². The molecule has 1 aromatic carbocycles. The Kier molecular flexibility index (Phi) is 4.93. The number of benzene rings is 1. The number of phenols is 1. The Hall–Kier alpha value is -3.23. The number of aromatic hydroxyl groups is 1. The molecule has 1 saturated heterocycles. The average molecular weight is 336 g/mol. The van der Waals surface area contributed by atoms with Crippen molar-refractivity contribution in [2.24, 2.45) is 0 Å². The van der Waals surface area contributed by atoms with E-state index in [9.17, 15) is 19.5 Å². The number of carbonyl (C=O) groups excluding carboxylic acids is 3. The first-order valence-corrected chi connectivity index (χ1v) is 6.77. The summed E-state index contributed by atoms with van der Waals surface area (Å²) in [5, 5.41) is 12.2. The third-order valence-corrected chi connectivity index (χ3v) is 3.29. The number of phenolic OH excluding ortho intramolecular Hbond substituents is 1. The van der Waals surface area contributed by atoms with E-state index in [0.717, 1.165) is 12.0 Å². The zero-order valence-corrected chi connectivity index (χ0v) is 13.3. The maximum Gasteiger partial charge on any atom is 0.329 e. The second-order valence-electron chi connectivity index (χ2n) is 4.73. The van der Waals surface area contributed by atoms with Crippen molar-refractivity contribution >= 4 is 24.0 Å². The topological polar surface area (TPSA) is 114 Å². The van der Waals surface area contributed by atoms with Crippen LogP contribution in [0.5, 0.6) is 17.2 Å². The molecule has 9 nitrogen and oxygen atoms in total. The van der Waals surface area contributed by atoms with Gasteiger partial charge in [-0.15, -0.1) is 0 Å². The van der Waals surface area contributed by atoms with Gasteiger partial charge in [-0.2, -0.15) is 0 Å². The number of nitrogens with one attached hydrogen (secondary N) is 1. The van der Waals surface area contributed by atoms with E-state index in [0.29, 0.717) is 5.56 Å². The fourth-order valence-electron chi connectivity index (χ4n) is 2.07. The number of urea groups is 1. The minimum absolute atomic E-state index is 0.0290. The van der Waals surface area contributed by atoms with Crippen molar-refractivity contribution in [2.75, 3.05) is 27.9 Å². The van der Waals surface area contributed by atoms with Gasteiger partial charge in [0.25, 0.3) is 5.91 Å². The first-order chi connectivity index (χ1) is 11.4. The summed E-state index contributed by atoms with van der Waals surface area (Å²) in [6, 6.07) is 2.20. The molecule has 128 valence electrons. The summed E-state index contributed by atoms with van der Waals surface area (Å²) >= 11 is 0. The summed E-state index contributed by atoms with van der Waals surface area (Å²) in [5.74, 6) is -1.28. The zero-order chi connectivity index (χ0) is 17.9. The van der Waals surface area contributed by atoms with E-state index in [1.54, 1.807) is 0 Å². The van der Waals surface area contributed by atoms with Crippen molar-refractivity contribution in [1.29, 1.82) is 0 Å². The predicted molar refractivity (Wildman–Crippen MR) is 81.4 cm³/mol. The highest BCUT2D eigenvalue weighted by Gasteiger charge is 2.35. The third-order valence-electron chi connectivity index (χ3n) is 3.29. The van der Waals surface area contributed by atoms with Crippen LogP contribution in [0, 0.1) is 0 Å². The van der Waals surface area contributed by atoms with Gasteiger partial charge in [0.1, 0.15) is 12.2 Å². The molecule has 1 aliphatic rings. The molecule has 0 unspecified atom stereocenters. The van der Waals surface area contributed by atoms with Crippen LogP contribution in [0.25, 0.3) is 6.08 Å². The van der Waals surface area contributed by atoms with Gasteiger partial charge in [-0.3, -0.25) is 9.59 Å². The highest BCUT2D eigenvalue weighted by atomic mass is 16.5. The summed E-state index contributed by atoms with van der Waals surface area (Å²) in [5.41, 5.74) is 0.420. The molecule has 24 heavy (non-hydrogen) atoms. The summed E-state index contributed by atoms with van der Waals surface area (Å²) < 4.78 is 14.5. The average Bonchev–Trinajstić information content (AvgIpc) is 2.83. The van der Waals surface area contributed by atoms with Crippen LogP contribution in [-0.2, 0) is 14.3 Å². The van der Waals surface area contributed by atoms with Crippen molar-refractivity contribution in [1.82, 2.24) is 10.2 Å². The molecule has 0 bridgehead atoms. The van der Waals surface area contributed by atoms with Crippen molar-refractivity contribution in [3.63, 3.8) is 0 Å². The van der Waals surface area contributed by atoms with Gasteiger partial charge in [-0.1, -0.05) is 0 Å². The van der Waals surface area contributed by atoms with Gasteiger partial charge in [0.15, 0.2) is 11.5 Å². The van der Waals surface area contributed by atoms with Crippen LogP contribution in [0.4, 0.5) is 4.79 Å². The van der Waals surface area contributed by atoms with Crippen molar-refractivity contribution < 1.29 is 33.7 Å². The first-order valence-electron chi connectivity index (χ1n) is 6.77. The summed E-state index contributed by atoms with van der Waals surface area (Å²) in [7, 11) is 3.89. The molecule has 9 heteroatoms. The minimum Gasteiger partial charge on any atom is -0.502 e. The number of hydrogen-bond donors (Lipinski definition) is 2. The first kappa shape index (κ1) is 17.1. The Morgan fingerprint density at radius 1 is 1.21 bits per heavy atom. The Bertz CT molecular complexity index is 702. The molecule has 0 atom stereocenters. The molecular formula is C15H16N2O7. The summed E-state index contributed by atoms with van der Waals surface area (Å²) in [6.07, 6.45) is 1.38. The molecule has 0 spiro atoms. The maximum atomic E-state index is 12.2. The minimum atomic E-state index is -0.727. The number of ether oxygens (including phenoxy) is 3. The monoisotopic (exact) mass is 336 g/mol. The lowest BCUT2D eigenvalue weighted by molar-refractivity contribution is -0.143. The number of imide groups is 1. The van der Waals surface area contributed by atoms with Gasteiger partial charge in [-0.25, -0.2) is 9.69 Å². The van der Waals surface area contributed by atoms with E-state index in [1.807, 2.05) is 0 Å². The molecule has 0 radical (unpaired) electrons. The number of carbonyl (C=O) groups is 3. The van der Waals surface area contributed by atoms with E-state index in [1.165, 1.54) is 32.4 Å². The van der Waals surface area contributed by atoms with Gasteiger partial charge in [0.05, 0.1) is 21.3 Å². The Morgan fingerprint density at radius 2 is 1.79 bits per heavy atom. The van der Waals surface area contributed by atoms with Crippen LogP contribution in [-0.4, -0.2) is 55.8 Å². The SMILES string of the molecule is COC(=O)CN1C(=O)NC(=Cc2cc(OC)c(O)c(OC)c2)C1=O. The van der Waals surface area contributed by atoms with Crippen LogP contribution in [0.2, 0.25) is 0 Å². The number of hydrogen-bond acceptors (Lipinski definition) is 7. The van der Waals surface area contributed by atoms with E-state index in [2.05, 4.69) is 10.1 Å². The molecule has 0 saturated carbocycles. The van der Waals surface area contributed by atoms with Gasteiger partial charge >= 0.3 is 12.0 Å². The number of methoxy groups -OCH3 is 3. The lowest BCUT2D eigenvalue weighted by Gasteiger charge is -2.10. The predicted octanol–water partition coefficient (Wildman–Crippen LogP) is 0.475. The second kappa shape index (κ2) is 6.90. The Morgan fingerprint density at radius 3 is 2.29 bits per heavy atom. The van der Waals surface area contributed by atoms with Crippen LogP contribution < -0.4 is 14.8 Å². The fraction of sp³-hybridized carbons (Fsp3) is 0.267. The molecule has 3 amide bonds. The van der Waals surface area contributed by atoms with Crippen LogP contribution >= 0.6 is 0 Å². The highest BCUT2D eigenvalue weighted by molar-refractivity contribution is 6.15. The molecule has 1 aliphatic heterocycles. The maximum absolute atomic E-state index is 12.2. The van der Waals surface area contributed by atoms with Crippen LogP contribution in [0.3, 0.4) is 0 Å². The standard InChI is InChI=1S/C15H16N2O7/c1-22-10-5-8(6-11(23-2)13(10)19)4-9-14(20)17(15(21)16-9)7-12(18)24-3/h4-6,19H,7H2,1-3H3,(H,16,21). The second-order valence-corrected chi connectivity index (χ2v) is 4.73. The fourth-order valence-corrected chi connectivity index (χ4v) is 2.07. The highest BCUT2D eigenvalue weighted by Crippen LogP contribution is 2.37. The van der Waals surface area contributed by atoms with Crippen LogP contribution in [0.15, 0.2) is 17.8 Å². The van der Waals surface area contributed by atoms with Crippen molar-refractivity contribution in [3.05, 3.63) is 23.4 Å². The van der Waals surface area contributed by atoms with Gasteiger partial charge < -0.3 is 24.6 Å². The lowest BCUT2D eigenvalue weighted by Crippen LogP contribution is -2.36. The van der Waals surface area contributed by atoms with Gasteiger partial charge in [0.2, 0.25) is 5.75 Å². The number of esters is 1. The summed E-state index contributed by atoms with van der Waals surface area (Å²) in [6.45, 7) is -0.485. The molecule has 1 heterocycles. The zero-order valence-electron chi connectivity index (χ0n) is 13.3.